The predicted octanol–water partition coefficient (Wildman–Crippen LogP) is 2.40. The molecule has 14 heteroatoms. The number of benzene rings is 1. The van der Waals surface area contributed by atoms with Crippen molar-refractivity contribution in [2.45, 2.75) is 81.7 Å². The van der Waals surface area contributed by atoms with Crippen molar-refractivity contribution in [2.24, 2.45) is 0 Å². The Morgan fingerprint density at radius 2 is 1.95 bits per heavy atom. The van der Waals surface area contributed by atoms with Crippen LogP contribution in [0.15, 0.2) is 33.3 Å². The number of fused-ring (bicyclic) bond motifs is 1. The average molecular weight is 583 g/mol. The number of aliphatic hydroxyl groups is 1. The normalized spacial score (nSPS) is 20.5. The number of anilines is 1. The molecule has 222 valence electrons. The maximum absolute atomic E-state index is 12.7. The van der Waals surface area contributed by atoms with Crippen molar-refractivity contribution in [3.05, 3.63) is 23.8 Å². The van der Waals surface area contributed by atoms with E-state index in [4.69, 9.17) is 18.8 Å². The molecule has 1 saturated heterocycles. The Kier molecular flexibility index (Phi) is 9.73. The van der Waals surface area contributed by atoms with Crippen LogP contribution < -0.4 is 5.32 Å². The first-order chi connectivity index (χ1) is 18.6. The molecule has 13 nitrogen and oxygen atoms in total. The third kappa shape index (κ3) is 7.43. The lowest BCUT2D eigenvalue weighted by molar-refractivity contribution is -0.142. The number of methoxy groups -OCH3 is 1. The van der Waals surface area contributed by atoms with Crippen LogP contribution in [0.3, 0.4) is 0 Å². The number of amides is 1. The number of carbonyl (C=O) groups is 2. The molecule has 1 aliphatic heterocycles. The minimum absolute atomic E-state index is 0.00731. The number of ether oxygens (including phenoxy) is 3. The molecule has 3 atom stereocenters. The van der Waals surface area contributed by atoms with Gasteiger partial charge in [-0.25, -0.2) is 22.1 Å². The molecule has 0 unspecified atom stereocenters. The summed E-state index contributed by atoms with van der Waals surface area (Å²) < 4.78 is 46.9. The second kappa shape index (κ2) is 12.3. The highest BCUT2D eigenvalue weighted by Gasteiger charge is 2.57. The third-order valence-electron chi connectivity index (χ3n) is 6.85. The standard InChI is InChI=1S/C26H38N4O9S/c1-16(9-8-14-26(4)23(38-26)24(32)36-7)10-13-19(25(2,3)33)37-15-20(31)27-17-11-12-18(40(34,35)30(5)6)22-21(17)28-39-29-22/h9,11-12,19,23,33H,8,10,13-15H2,1-7H3,(H,27,31)/b16-9+/t19-,23+,26+/m1/s1. The minimum atomic E-state index is -3.81. The largest absolute Gasteiger partial charge is 0.467 e. The Labute approximate surface area is 233 Å². The Morgan fingerprint density at radius 1 is 1.27 bits per heavy atom. The lowest BCUT2D eigenvalue weighted by atomic mass is 9.94. The van der Waals surface area contributed by atoms with Crippen molar-refractivity contribution in [1.29, 1.82) is 0 Å². The zero-order chi connectivity index (χ0) is 29.9. The molecule has 40 heavy (non-hydrogen) atoms. The van der Waals surface area contributed by atoms with E-state index < -0.39 is 39.3 Å². The summed E-state index contributed by atoms with van der Waals surface area (Å²) >= 11 is 0. The molecule has 0 radical (unpaired) electrons. The summed E-state index contributed by atoms with van der Waals surface area (Å²) in [6.45, 7) is 6.72. The molecular formula is C26H38N4O9S. The van der Waals surface area contributed by atoms with Crippen LogP contribution in [0.25, 0.3) is 11.0 Å². The van der Waals surface area contributed by atoms with Gasteiger partial charge in [-0.1, -0.05) is 11.6 Å². The SMILES string of the molecule is COC(=O)[C@@H]1O[C@@]1(C)CC/C=C(\C)CC[C@@H](OCC(=O)Nc1ccc(S(=O)(=O)N(C)C)c2nonc12)C(C)(C)O. The zero-order valence-corrected chi connectivity index (χ0v) is 24.7. The smallest absolute Gasteiger partial charge is 0.338 e. The van der Waals surface area contributed by atoms with E-state index in [0.29, 0.717) is 25.7 Å². The van der Waals surface area contributed by atoms with Gasteiger partial charge < -0.3 is 24.6 Å². The number of aromatic nitrogens is 2. The molecule has 2 heterocycles. The number of hydrogen-bond donors (Lipinski definition) is 2. The predicted molar refractivity (Wildman–Crippen MR) is 145 cm³/mol. The fraction of sp³-hybridized carbons (Fsp3) is 0.615. The highest BCUT2D eigenvalue weighted by atomic mass is 32.2. The van der Waals surface area contributed by atoms with Crippen LogP contribution in [0.5, 0.6) is 0 Å². The monoisotopic (exact) mass is 582 g/mol. The van der Waals surface area contributed by atoms with E-state index in [1.165, 1.54) is 33.3 Å². The second-order valence-corrected chi connectivity index (χ2v) is 12.9. The van der Waals surface area contributed by atoms with E-state index in [0.717, 1.165) is 9.88 Å². The topological polar surface area (TPSA) is 174 Å². The van der Waals surface area contributed by atoms with Crippen LogP contribution >= 0.6 is 0 Å². The summed E-state index contributed by atoms with van der Waals surface area (Å²) in [5.74, 6) is -0.888. The number of nitrogens with zero attached hydrogens (tertiary/aromatic N) is 3. The van der Waals surface area contributed by atoms with Crippen LogP contribution in [-0.2, 0) is 33.8 Å². The number of hydrogen-bond acceptors (Lipinski definition) is 11. The Balaban J connectivity index is 1.56. The maximum atomic E-state index is 12.7. The first-order valence-electron chi connectivity index (χ1n) is 12.8. The van der Waals surface area contributed by atoms with Crippen LogP contribution in [0.2, 0.25) is 0 Å². The molecule has 1 aromatic heterocycles. The number of sulfonamides is 1. The molecule has 0 spiro atoms. The molecule has 0 bridgehead atoms. The summed E-state index contributed by atoms with van der Waals surface area (Å²) in [6.07, 6.45) is 3.38. The van der Waals surface area contributed by atoms with Gasteiger partial charge in [-0.3, -0.25) is 4.79 Å². The van der Waals surface area contributed by atoms with Gasteiger partial charge in [0.15, 0.2) is 17.1 Å². The quantitative estimate of drug-likeness (QED) is 0.190. The summed E-state index contributed by atoms with van der Waals surface area (Å²) in [4.78, 5) is 24.2. The average Bonchev–Trinajstić information content (AvgIpc) is 3.29. The van der Waals surface area contributed by atoms with E-state index in [9.17, 15) is 23.1 Å². The Bertz CT molecular complexity index is 1360. The van der Waals surface area contributed by atoms with E-state index in [-0.39, 0.29) is 34.2 Å². The van der Waals surface area contributed by atoms with Crippen LogP contribution in [-0.4, -0.2) is 91.2 Å². The minimum Gasteiger partial charge on any atom is -0.467 e. The van der Waals surface area contributed by atoms with Gasteiger partial charge in [-0.2, -0.15) is 0 Å². The Morgan fingerprint density at radius 3 is 2.58 bits per heavy atom. The van der Waals surface area contributed by atoms with Crippen molar-refractivity contribution >= 4 is 38.6 Å². The maximum Gasteiger partial charge on any atom is 0.338 e. The lowest BCUT2D eigenvalue weighted by Gasteiger charge is -2.29. The summed E-state index contributed by atoms with van der Waals surface area (Å²) in [5.41, 5.74) is -0.357. The van der Waals surface area contributed by atoms with Crippen molar-refractivity contribution in [1.82, 2.24) is 14.6 Å². The van der Waals surface area contributed by atoms with Gasteiger partial charge in [-0.05, 0) is 75.8 Å². The third-order valence-corrected chi connectivity index (χ3v) is 8.70. The number of rotatable bonds is 14. The van der Waals surface area contributed by atoms with Gasteiger partial charge in [0.2, 0.25) is 15.9 Å². The van der Waals surface area contributed by atoms with Crippen LogP contribution in [0, 0.1) is 0 Å². The molecule has 0 saturated carbocycles. The number of nitrogens with one attached hydrogen (secondary N) is 1. The molecule has 1 aromatic carbocycles. The summed E-state index contributed by atoms with van der Waals surface area (Å²) in [7, 11) is 0.310. The zero-order valence-electron chi connectivity index (χ0n) is 23.9. The van der Waals surface area contributed by atoms with Crippen molar-refractivity contribution in [3.63, 3.8) is 0 Å². The lowest BCUT2D eigenvalue weighted by Crippen LogP contribution is -2.40. The van der Waals surface area contributed by atoms with Crippen molar-refractivity contribution < 1.29 is 42.0 Å². The van der Waals surface area contributed by atoms with E-state index in [1.807, 2.05) is 13.8 Å². The van der Waals surface area contributed by atoms with Crippen molar-refractivity contribution in [2.75, 3.05) is 33.1 Å². The molecule has 3 rings (SSSR count). The van der Waals surface area contributed by atoms with E-state index in [2.05, 4.69) is 21.7 Å². The van der Waals surface area contributed by atoms with Crippen LogP contribution in [0.4, 0.5) is 5.69 Å². The summed E-state index contributed by atoms with van der Waals surface area (Å²) in [5, 5.41) is 20.7. The highest BCUT2D eigenvalue weighted by Crippen LogP contribution is 2.41. The fourth-order valence-electron chi connectivity index (χ4n) is 4.25. The number of allylic oxidation sites excluding steroid dienone is 2. The van der Waals surface area contributed by atoms with Gasteiger partial charge in [0, 0.05) is 14.1 Å². The van der Waals surface area contributed by atoms with E-state index in [1.54, 1.807) is 13.8 Å². The van der Waals surface area contributed by atoms with Gasteiger partial charge in [-0.15, -0.1) is 0 Å². The highest BCUT2D eigenvalue weighted by molar-refractivity contribution is 7.89. The van der Waals surface area contributed by atoms with Crippen molar-refractivity contribution in [3.8, 4) is 0 Å². The fourth-order valence-corrected chi connectivity index (χ4v) is 5.26. The Hall–Kier alpha value is -2.91. The number of carbonyl (C=O) groups excluding carboxylic acids is 2. The second-order valence-electron chi connectivity index (χ2n) is 10.8. The molecule has 2 aromatic rings. The van der Waals surface area contributed by atoms with Crippen LogP contribution in [0.1, 0.15) is 53.4 Å². The molecule has 1 aliphatic rings. The van der Waals surface area contributed by atoms with Gasteiger partial charge >= 0.3 is 5.97 Å². The van der Waals surface area contributed by atoms with Gasteiger partial charge in [0.1, 0.15) is 17.1 Å². The first kappa shape index (κ1) is 31.6. The van der Waals surface area contributed by atoms with E-state index >= 15 is 0 Å². The number of epoxide rings is 1. The van der Waals surface area contributed by atoms with Gasteiger partial charge in [0.25, 0.3) is 0 Å². The first-order valence-corrected chi connectivity index (χ1v) is 14.3. The molecular weight excluding hydrogens is 544 g/mol. The molecule has 0 aliphatic carbocycles. The molecule has 2 N–H and O–H groups in total. The molecule has 1 fully saturated rings. The molecule has 1 amide bonds. The number of esters is 1. The van der Waals surface area contributed by atoms with Gasteiger partial charge in [0.05, 0.1) is 24.5 Å². The summed E-state index contributed by atoms with van der Waals surface area (Å²) in [6, 6.07) is 2.72.